The fourth-order valence-electron chi connectivity index (χ4n) is 6.54. The van der Waals surface area contributed by atoms with E-state index in [0.717, 1.165) is 38.5 Å². The number of nitrogens with zero attached hydrogens (tertiary/aromatic N) is 4. The molecular formula is C41H26N4. The molecule has 0 aliphatic rings. The molecule has 9 aromatic rings. The minimum Gasteiger partial charge on any atom is -0.309 e. The highest BCUT2D eigenvalue weighted by Gasteiger charge is 2.18. The predicted octanol–water partition coefficient (Wildman–Crippen LogP) is 10.3. The molecule has 0 unspecified atom stereocenters. The average molecular weight is 575 g/mol. The maximum Gasteiger partial charge on any atom is 0.164 e. The van der Waals surface area contributed by atoms with E-state index >= 15 is 0 Å². The molecule has 0 fully saturated rings. The first kappa shape index (κ1) is 25.4. The van der Waals surface area contributed by atoms with E-state index in [1.807, 2.05) is 30.3 Å². The lowest BCUT2D eigenvalue weighted by molar-refractivity contribution is 1.08. The Hall–Kier alpha value is -6.13. The summed E-state index contributed by atoms with van der Waals surface area (Å²) in [6.07, 6.45) is 0. The lowest BCUT2D eigenvalue weighted by Crippen LogP contribution is -2.01. The third kappa shape index (κ3) is 4.19. The number of benzene rings is 7. The zero-order valence-corrected chi connectivity index (χ0v) is 24.3. The van der Waals surface area contributed by atoms with Crippen molar-refractivity contribution in [3.05, 3.63) is 158 Å². The Labute approximate surface area is 259 Å². The molecular weight excluding hydrogens is 548 g/mol. The van der Waals surface area contributed by atoms with Crippen LogP contribution in [0.15, 0.2) is 158 Å². The van der Waals surface area contributed by atoms with Crippen LogP contribution in [0, 0.1) is 0 Å². The number of fused-ring (bicyclic) bond motifs is 5. The van der Waals surface area contributed by atoms with E-state index < -0.39 is 0 Å². The van der Waals surface area contributed by atoms with Crippen molar-refractivity contribution < 1.29 is 0 Å². The molecule has 45 heavy (non-hydrogen) atoms. The van der Waals surface area contributed by atoms with Gasteiger partial charge in [0.2, 0.25) is 0 Å². The second-order valence-corrected chi connectivity index (χ2v) is 11.3. The molecule has 4 nitrogen and oxygen atoms in total. The summed E-state index contributed by atoms with van der Waals surface area (Å²) in [6.45, 7) is 0. The Morgan fingerprint density at radius 3 is 1.71 bits per heavy atom. The fraction of sp³-hybridized carbons (Fsp3) is 0. The minimum absolute atomic E-state index is 0.650. The lowest BCUT2D eigenvalue weighted by atomic mass is 10.0. The summed E-state index contributed by atoms with van der Waals surface area (Å²) in [5.41, 5.74) is 6.37. The molecule has 0 bridgehead atoms. The maximum absolute atomic E-state index is 5.12. The van der Waals surface area contributed by atoms with Gasteiger partial charge in [-0.2, -0.15) is 0 Å². The van der Waals surface area contributed by atoms with Crippen LogP contribution >= 0.6 is 0 Å². The summed E-state index contributed by atoms with van der Waals surface area (Å²) < 4.78 is 2.38. The first-order valence-corrected chi connectivity index (χ1v) is 15.1. The van der Waals surface area contributed by atoms with E-state index in [-0.39, 0.29) is 0 Å². The van der Waals surface area contributed by atoms with Crippen molar-refractivity contribution in [3.63, 3.8) is 0 Å². The maximum atomic E-state index is 5.12. The molecule has 0 radical (unpaired) electrons. The number of aromatic nitrogens is 4. The standard InChI is InChI=1S/C41H26N4/c1-2-13-28(14-3-1)39-42-40(30-25-24-27-12-4-5-15-29(27)26-30)44-41(43-39)35-20-10-19-32-31(35)18-11-23-38(32)45-36-21-8-6-16-33(36)34-17-7-9-22-37(34)45/h1-26H. The van der Waals surface area contributed by atoms with E-state index in [9.17, 15) is 0 Å². The van der Waals surface area contributed by atoms with Crippen LogP contribution in [0.4, 0.5) is 0 Å². The Morgan fingerprint density at radius 2 is 0.933 bits per heavy atom. The normalized spacial score (nSPS) is 11.6. The molecule has 9 rings (SSSR count). The lowest BCUT2D eigenvalue weighted by Gasteiger charge is -2.14. The second-order valence-electron chi connectivity index (χ2n) is 11.3. The third-order valence-corrected chi connectivity index (χ3v) is 8.64. The summed E-state index contributed by atoms with van der Waals surface area (Å²) in [5.74, 6) is 1.96. The topological polar surface area (TPSA) is 43.6 Å². The number of hydrogen-bond donors (Lipinski definition) is 0. The summed E-state index contributed by atoms with van der Waals surface area (Å²) >= 11 is 0. The highest BCUT2D eigenvalue weighted by Crippen LogP contribution is 2.37. The van der Waals surface area contributed by atoms with Gasteiger partial charge in [-0.1, -0.05) is 133 Å². The predicted molar refractivity (Wildman–Crippen MR) is 185 cm³/mol. The van der Waals surface area contributed by atoms with Gasteiger partial charge in [-0.15, -0.1) is 0 Å². The molecule has 0 aliphatic carbocycles. The SMILES string of the molecule is c1ccc(-c2nc(-c3ccc4ccccc4c3)nc(-c3cccc4c(-n5c6ccccc6c6ccccc65)cccc34)n2)cc1. The Bertz CT molecular complexity index is 2490. The Morgan fingerprint density at radius 1 is 0.356 bits per heavy atom. The van der Waals surface area contributed by atoms with Gasteiger partial charge in [0.25, 0.3) is 0 Å². The van der Waals surface area contributed by atoms with Crippen LogP contribution in [0.25, 0.3) is 83.2 Å². The van der Waals surface area contributed by atoms with Gasteiger partial charge in [0.1, 0.15) is 0 Å². The molecule has 0 N–H and O–H groups in total. The molecule has 0 saturated heterocycles. The Balaban J connectivity index is 1.29. The molecule has 0 spiro atoms. The number of hydrogen-bond acceptors (Lipinski definition) is 3. The van der Waals surface area contributed by atoms with Crippen molar-refractivity contribution in [2.45, 2.75) is 0 Å². The Kier molecular flexibility index (Phi) is 5.78. The molecule has 4 heteroatoms. The van der Waals surface area contributed by atoms with Gasteiger partial charge in [0.05, 0.1) is 16.7 Å². The molecule has 0 saturated carbocycles. The van der Waals surface area contributed by atoms with Crippen LogP contribution in [0.1, 0.15) is 0 Å². The molecule has 0 aliphatic heterocycles. The van der Waals surface area contributed by atoms with Crippen LogP contribution in [-0.2, 0) is 0 Å². The first-order valence-electron chi connectivity index (χ1n) is 15.1. The van der Waals surface area contributed by atoms with Gasteiger partial charge in [-0.05, 0) is 40.4 Å². The molecule has 7 aromatic carbocycles. The molecule has 0 atom stereocenters. The zero-order chi connectivity index (χ0) is 29.7. The van der Waals surface area contributed by atoms with Crippen molar-refractivity contribution in [1.29, 1.82) is 0 Å². The van der Waals surface area contributed by atoms with Crippen molar-refractivity contribution in [3.8, 4) is 39.9 Å². The van der Waals surface area contributed by atoms with Crippen LogP contribution in [-0.4, -0.2) is 19.5 Å². The van der Waals surface area contributed by atoms with E-state index in [4.69, 9.17) is 15.0 Å². The average Bonchev–Trinajstić information content (AvgIpc) is 3.45. The minimum atomic E-state index is 0.650. The van der Waals surface area contributed by atoms with E-state index in [1.165, 1.54) is 27.2 Å². The van der Waals surface area contributed by atoms with Crippen LogP contribution in [0.5, 0.6) is 0 Å². The van der Waals surface area contributed by atoms with Gasteiger partial charge < -0.3 is 4.57 Å². The van der Waals surface area contributed by atoms with Gasteiger partial charge in [0, 0.05) is 32.8 Å². The van der Waals surface area contributed by atoms with Crippen molar-refractivity contribution in [1.82, 2.24) is 19.5 Å². The monoisotopic (exact) mass is 574 g/mol. The smallest absolute Gasteiger partial charge is 0.164 e. The highest BCUT2D eigenvalue weighted by atomic mass is 15.0. The van der Waals surface area contributed by atoms with E-state index in [0.29, 0.717) is 17.5 Å². The summed E-state index contributed by atoms with van der Waals surface area (Å²) in [5, 5.41) is 7.05. The van der Waals surface area contributed by atoms with Crippen LogP contribution < -0.4 is 0 Å². The number of rotatable bonds is 4. The molecule has 2 aromatic heterocycles. The van der Waals surface area contributed by atoms with Crippen molar-refractivity contribution >= 4 is 43.4 Å². The summed E-state index contributed by atoms with van der Waals surface area (Å²) in [6, 6.07) is 55.1. The quantitative estimate of drug-likeness (QED) is 0.210. The second kappa shape index (κ2) is 10.2. The number of para-hydroxylation sites is 2. The van der Waals surface area contributed by atoms with Crippen LogP contribution in [0.3, 0.4) is 0 Å². The summed E-state index contributed by atoms with van der Waals surface area (Å²) in [4.78, 5) is 15.2. The molecule has 0 amide bonds. The molecule has 210 valence electrons. The highest BCUT2D eigenvalue weighted by molar-refractivity contribution is 6.11. The van der Waals surface area contributed by atoms with Gasteiger partial charge >= 0.3 is 0 Å². The zero-order valence-electron chi connectivity index (χ0n) is 24.3. The van der Waals surface area contributed by atoms with Crippen molar-refractivity contribution in [2.75, 3.05) is 0 Å². The largest absolute Gasteiger partial charge is 0.309 e. The van der Waals surface area contributed by atoms with Crippen LogP contribution in [0.2, 0.25) is 0 Å². The van der Waals surface area contributed by atoms with Crippen molar-refractivity contribution in [2.24, 2.45) is 0 Å². The van der Waals surface area contributed by atoms with Gasteiger partial charge in [-0.25, -0.2) is 15.0 Å². The van der Waals surface area contributed by atoms with E-state index in [1.54, 1.807) is 0 Å². The fourth-order valence-corrected chi connectivity index (χ4v) is 6.54. The first-order chi connectivity index (χ1) is 22.3. The molecule has 2 heterocycles. The third-order valence-electron chi connectivity index (χ3n) is 8.64. The summed E-state index contributed by atoms with van der Waals surface area (Å²) in [7, 11) is 0. The van der Waals surface area contributed by atoms with Gasteiger partial charge in [0.15, 0.2) is 17.5 Å². The van der Waals surface area contributed by atoms with Gasteiger partial charge in [-0.3, -0.25) is 0 Å². The van der Waals surface area contributed by atoms with E-state index in [2.05, 4.69) is 132 Å².